The van der Waals surface area contributed by atoms with Crippen molar-refractivity contribution in [3.8, 4) is 0 Å². The summed E-state index contributed by atoms with van der Waals surface area (Å²) < 4.78 is 13.3. The Hall–Kier alpha value is -2.21. The Bertz CT molecular complexity index is 800. The zero-order valence-electron chi connectivity index (χ0n) is 14.2. The quantitative estimate of drug-likeness (QED) is 0.928. The fourth-order valence-corrected chi connectivity index (χ4v) is 3.86. The van der Waals surface area contributed by atoms with Crippen molar-refractivity contribution in [1.82, 2.24) is 14.9 Å². The van der Waals surface area contributed by atoms with Crippen LogP contribution in [-0.4, -0.2) is 41.0 Å². The van der Waals surface area contributed by atoms with E-state index < -0.39 is 0 Å². The smallest absolute Gasteiger partial charge is 0.252 e. The van der Waals surface area contributed by atoms with E-state index in [0.717, 1.165) is 63.2 Å². The van der Waals surface area contributed by atoms with Crippen LogP contribution in [0.4, 0.5) is 10.3 Å². The summed E-state index contributed by atoms with van der Waals surface area (Å²) >= 11 is 0. The van der Waals surface area contributed by atoms with Gasteiger partial charge in [-0.3, -0.25) is 14.7 Å². The van der Waals surface area contributed by atoms with E-state index in [1.165, 1.54) is 6.07 Å². The van der Waals surface area contributed by atoms with Gasteiger partial charge in [-0.05, 0) is 43.5 Å². The number of rotatable bonds is 4. The molecule has 2 saturated heterocycles. The number of aromatic amines is 1. The molecule has 0 unspecified atom stereocenters. The number of anilines is 1. The Labute approximate surface area is 146 Å². The van der Waals surface area contributed by atoms with E-state index in [1.54, 1.807) is 18.2 Å². The summed E-state index contributed by atoms with van der Waals surface area (Å²) in [7, 11) is 0. The predicted octanol–water partition coefficient (Wildman–Crippen LogP) is 2.50. The van der Waals surface area contributed by atoms with E-state index in [9.17, 15) is 9.18 Å². The summed E-state index contributed by atoms with van der Waals surface area (Å²) in [5.41, 5.74) is 1.79. The van der Waals surface area contributed by atoms with Gasteiger partial charge in [0, 0.05) is 38.2 Å². The van der Waals surface area contributed by atoms with E-state index in [-0.39, 0.29) is 17.3 Å². The molecule has 0 saturated carbocycles. The first-order valence-corrected chi connectivity index (χ1v) is 9.00. The second-order valence-corrected chi connectivity index (χ2v) is 7.04. The van der Waals surface area contributed by atoms with Gasteiger partial charge in [-0.15, -0.1) is 0 Å². The van der Waals surface area contributed by atoms with Crippen LogP contribution in [0, 0.1) is 5.82 Å². The number of hydrogen-bond acceptors (Lipinski definition) is 4. The van der Waals surface area contributed by atoms with Crippen molar-refractivity contribution < 1.29 is 4.39 Å². The molecule has 132 valence electrons. The number of aromatic nitrogens is 2. The van der Waals surface area contributed by atoms with Gasteiger partial charge < -0.3 is 4.90 Å². The number of H-pyrrole nitrogens is 1. The maximum Gasteiger partial charge on any atom is 0.252 e. The first kappa shape index (κ1) is 16.3. The second-order valence-electron chi connectivity index (χ2n) is 7.04. The van der Waals surface area contributed by atoms with E-state index in [4.69, 9.17) is 4.98 Å². The molecule has 0 bridgehead atoms. The summed E-state index contributed by atoms with van der Waals surface area (Å²) in [6.45, 7) is 4.45. The summed E-state index contributed by atoms with van der Waals surface area (Å²) in [4.78, 5) is 24.1. The fourth-order valence-electron chi connectivity index (χ4n) is 3.86. The average Bonchev–Trinajstić information content (AvgIpc) is 3.26. The lowest BCUT2D eigenvalue weighted by atomic mass is 10.0. The van der Waals surface area contributed by atoms with Gasteiger partial charge in [0.1, 0.15) is 5.82 Å². The lowest BCUT2D eigenvalue weighted by Crippen LogP contribution is -2.25. The van der Waals surface area contributed by atoms with Crippen molar-refractivity contribution in [2.24, 2.45) is 0 Å². The lowest BCUT2D eigenvalue weighted by molar-refractivity contribution is 0.326. The van der Waals surface area contributed by atoms with Crippen LogP contribution in [0.15, 0.2) is 35.1 Å². The Morgan fingerprint density at radius 2 is 2.04 bits per heavy atom. The van der Waals surface area contributed by atoms with Crippen LogP contribution >= 0.6 is 0 Å². The average molecular weight is 342 g/mol. The Morgan fingerprint density at radius 3 is 2.84 bits per heavy atom. The van der Waals surface area contributed by atoms with Crippen LogP contribution in [0.5, 0.6) is 0 Å². The maximum absolute atomic E-state index is 13.3. The van der Waals surface area contributed by atoms with Gasteiger partial charge >= 0.3 is 0 Å². The number of nitrogens with zero attached hydrogens (tertiary/aromatic N) is 3. The molecule has 1 N–H and O–H groups in total. The van der Waals surface area contributed by atoms with E-state index in [0.29, 0.717) is 5.95 Å². The number of nitrogens with one attached hydrogen (secondary N) is 1. The van der Waals surface area contributed by atoms with Crippen molar-refractivity contribution >= 4 is 5.95 Å². The summed E-state index contributed by atoms with van der Waals surface area (Å²) in [6, 6.07) is 8.39. The predicted molar refractivity (Wildman–Crippen MR) is 95.3 cm³/mol. The number of hydrogen-bond donors (Lipinski definition) is 1. The van der Waals surface area contributed by atoms with Crippen molar-refractivity contribution in [2.45, 2.75) is 31.7 Å². The van der Waals surface area contributed by atoms with E-state index >= 15 is 0 Å². The molecule has 25 heavy (non-hydrogen) atoms. The molecule has 6 heteroatoms. The molecule has 2 aliphatic rings. The molecule has 0 radical (unpaired) electrons. The Balaban J connectivity index is 1.47. The molecule has 5 nitrogen and oxygen atoms in total. The molecular formula is C19H23FN4O. The molecule has 3 heterocycles. The standard InChI is InChI=1S/C19H23FN4O/c20-16-5-3-4-14(10-16)12-23-9-6-15(13-23)17-11-18(25)22-19(21-17)24-7-1-2-8-24/h3-5,10-11,15H,1-2,6-9,12-13H2,(H,21,22,25)/t15-/m1/s1. The fraction of sp³-hybridized carbons (Fsp3) is 0.474. The molecule has 4 rings (SSSR count). The van der Waals surface area contributed by atoms with Crippen LogP contribution in [0.2, 0.25) is 0 Å². The number of benzene rings is 1. The minimum absolute atomic E-state index is 0.0736. The van der Waals surface area contributed by atoms with Crippen molar-refractivity contribution in [3.63, 3.8) is 0 Å². The highest BCUT2D eigenvalue weighted by atomic mass is 19.1. The normalized spacial score (nSPS) is 21.2. The molecule has 0 aliphatic carbocycles. The summed E-state index contributed by atoms with van der Waals surface area (Å²) in [5, 5.41) is 0. The molecule has 1 aromatic carbocycles. The molecule has 1 aromatic heterocycles. The van der Waals surface area contributed by atoms with Crippen LogP contribution in [0.3, 0.4) is 0 Å². The first-order chi connectivity index (χ1) is 12.2. The third kappa shape index (κ3) is 3.74. The zero-order chi connectivity index (χ0) is 17.2. The molecule has 2 aliphatic heterocycles. The number of halogens is 1. The highest BCUT2D eigenvalue weighted by Gasteiger charge is 2.26. The molecule has 2 fully saturated rings. The van der Waals surface area contributed by atoms with Gasteiger partial charge in [-0.2, -0.15) is 0 Å². The second kappa shape index (κ2) is 6.96. The van der Waals surface area contributed by atoms with Gasteiger partial charge in [0.25, 0.3) is 5.56 Å². The highest BCUT2D eigenvalue weighted by molar-refractivity contribution is 5.32. The summed E-state index contributed by atoms with van der Waals surface area (Å²) in [5.74, 6) is 0.778. The molecule has 2 aromatic rings. The van der Waals surface area contributed by atoms with Crippen LogP contribution in [0.25, 0.3) is 0 Å². The van der Waals surface area contributed by atoms with Crippen molar-refractivity contribution in [3.05, 3.63) is 57.8 Å². The SMILES string of the molecule is O=c1cc([C@@H]2CCN(Cc3cccc(F)c3)C2)nc(N2CCCC2)[nH]1. The first-order valence-electron chi connectivity index (χ1n) is 9.00. The van der Waals surface area contributed by atoms with Crippen molar-refractivity contribution in [1.29, 1.82) is 0 Å². The van der Waals surface area contributed by atoms with Gasteiger partial charge in [-0.25, -0.2) is 9.37 Å². The van der Waals surface area contributed by atoms with E-state index in [1.807, 2.05) is 6.07 Å². The number of likely N-dealkylation sites (tertiary alicyclic amines) is 1. The van der Waals surface area contributed by atoms with Crippen LogP contribution < -0.4 is 10.5 Å². The molecule has 1 atom stereocenters. The monoisotopic (exact) mass is 342 g/mol. The van der Waals surface area contributed by atoms with E-state index in [2.05, 4.69) is 14.8 Å². The molecule has 0 spiro atoms. The molecular weight excluding hydrogens is 319 g/mol. The third-order valence-corrected chi connectivity index (χ3v) is 5.14. The van der Waals surface area contributed by atoms with Gasteiger partial charge in [0.2, 0.25) is 5.95 Å². The van der Waals surface area contributed by atoms with Crippen LogP contribution in [-0.2, 0) is 6.54 Å². The summed E-state index contributed by atoms with van der Waals surface area (Å²) in [6.07, 6.45) is 3.28. The van der Waals surface area contributed by atoms with Crippen LogP contribution in [0.1, 0.15) is 36.4 Å². The molecule has 0 amide bonds. The largest absolute Gasteiger partial charge is 0.342 e. The van der Waals surface area contributed by atoms with Crippen molar-refractivity contribution in [2.75, 3.05) is 31.1 Å². The Morgan fingerprint density at radius 1 is 1.20 bits per heavy atom. The Kier molecular flexibility index (Phi) is 4.53. The van der Waals surface area contributed by atoms with Gasteiger partial charge in [0.05, 0.1) is 5.69 Å². The highest BCUT2D eigenvalue weighted by Crippen LogP contribution is 2.27. The topological polar surface area (TPSA) is 52.2 Å². The lowest BCUT2D eigenvalue weighted by Gasteiger charge is -2.18. The zero-order valence-corrected chi connectivity index (χ0v) is 14.2. The van der Waals surface area contributed by atoms with Gasteiger partial charge in [0.15, 0.2) is 0 Å². The third-order valence-electron chi connectivity index (χ3n) is 5.14. The maximum atomic E-state index is 13.3. The van der Waals surface area contributed by atoms with Gasteiger partial charge in [-0.1, -0.05) is 12.1 Å². The minimum Gasteiger partial charge on any atom is -0.342 e. The minimum atomic E-state index is -0.195.